The van der Waals surface area contributed by atoms with Crippen LogP contribution >= 0.6 is 0 Å². The van der Waals surface area contributed by atoms with Gasteiger partial charge in [0.2, 0.25) is 5.91 Å². The summed E-state index contributed by atoms with van der Waals surface area (Å²) < 4.78 is 11.3. The van der Waals surface area contributed by atoms with Gasteiger partial charge in [-0.15, -0.1) is 0 Å². The summed E-state index contributed by atoms with van der Waals surface area (Å²) in [7, 11) is 0. The summed E-state index contributed by atoms with van der Waals surface area (Å²) in [6, 6.07) is 0.344. The van der Waals surface area contributed by atoms with Crippen LogP contribution < -0.4 is 5.32 Å². The highest BCUT2D eigenvalue weighted by Crippen LogP contribution is 2.26. The first kappa shape index (κ1) is 16.2. The van der Waals surface area contributed by atoms with Crippen molar-refractivity contribution in [1.82, 2.24) is 10.2 Å². The van der Waals surface area contributed by atoms with E-state index in [0.29, 0.717) is 25.2 Å². The van der Waals surface area contributed by atoms with Crippen molar-refractivity contribution >= 4 is 5.91 Å². The minimum atomic E-state index is -0.0589. The highest BCUT2D eigenvalue weighted by Gasteiger charge is 2.34. The van der Waals surface area contributed by atoms with E-state index in [1.54, 1.807) is 0 Å². The lowest BCUT2D eigenvalue weighted by Crippen LogP contribution is -2.52. The maximum absolute atomic E-state index is 12.5. The molecule has 5 nitrogen and oxygen atoms in total. The first-order chi connectivity index (χ1) is 10.7. The molecule has 0 unspecified atom stereocenters. The fraction of sp³-hybridized carbons (Fsp3) is 0.941. The average Bonchev–Trinajstić information content (AvgIpc) is 3.10. The Morgan fingerprint density at radius 2 is 1.82 bits per heavy atom. The molecule has 3 fully saturated rings. The maximum Gasteiger partial charge on any atom is 0.237 e. The second kappa shape index (κ2) is 7.75. The highest BCUT2D eigenvalue weighted by atomic mass is 16.7. The smallest absolute Gasteiger partial charge is 0.237 e. The normalized spacial score (nSPS) is 30.3. The Balaban J connectivity index is 1.49. The lowest BCUT2D eigenvalue weighted by Gasteiger charge is -2.38. The lowest BCUT2D eigenvalue weighted by molar-refractivity contribution is -0.131. The van der Waals surface area contributed by atoms with E-state index < -0.39 is 0 Å². The van der Waals surface area contributed by atoms with Gasteiger partial charge in [-0.1, -0.05) is 19.3 Å². The van der Waals surface area contributed by atoms with E-state index in [9.17, 15) is 4.79 Å². The van der Waals surface area contributed by atoms with Crippen molar-refractivity contribution in [2.75, 3.05) is 26.3 Å². The standard InChI is InChI=1S/C17H30N2O3/c1-13(16(20)18-15-7-3-2-4-8-15)19-9-5-6-14(12-19)17-21-10-11-22-17/h13-15,17H,2-12H2,1H3,(H,18,20)/t13-,14+/m0/s1. The molecule has 0 radical (unpaired) electrons. The van der Waals surface area contributed by atoms with Crippen LogP contribution in [0.4, 0.5) is 0 Å². The molecule has 22 heavy (non-hydrogen) atoms. The zero-order valence-corrected chi connectivity index (χ0v) is 13.8. The lowest BCUT2D eigenvalue weighted by atomic mass is 9.94. The van der Waals surface area contributed by atoms with E-state index in [0.717, 1.165) is 38.8 Å². The van der Waals surface area contributed by atoms with E-state index >= 15 is 0 Å². The largest absolute Gasteiger partial charge is 0.352 e. The van der Waals surface area contributed by atoms with Crippen molar-refractivity contribution in [1.29, 1.82) is 0 Å². The van der Waals surface area contributed by atoms with Crippen LogP contribution in [0.15, 0.2) is 0 Å². The van der Waals surface area contributed by atoms with Crippen molar-refractivity contribution in [3.63, 3.8) is 0 Å². The zero-order chi connectivity index (χ0) is 15.4. The number of hydrogen-bond acceptors (Lipinski definition) is 4. The van der Waals surface area contributed by atoms with E-state index in [4.69, 9.17) is 9.47 Å². The zero-order valence-electron chi connectivity index (χ0n) is 13.8. The topological polar surface area (TPSA) is 50.8 Å². The third-order valence-electron chi connectivity index (χ3n) is 5.40. The molecule has 0 aromatic carbocycles. The molecule has 2 saturated heterocycles. The predicted molar refractivity (Wildman–Crippen MR) is 84.5 cm³/mol. The van der Waals surface area contributed by atoms with Crippen LogP contribution in [0.3, 0.4) is 0 Å². The van der Waals surface area contributed by atoms with Crippen LogP contribution in [0, 0.1) is 5.92 Å². The van der Waals surface area contributed by atoms with Crippen LogP contribution in [0.25, 0.3) is 0 Å². The Morgan fingerprint density at radius 3 is 2.55 bits per heavy atom. The van der Waals surface area contributed by atoms with Gasteiger partial charge < -0.3 is 14.8 Å². The number of nitrogens with zero attached hydrogens (tertiary/aromatic N) is 1. The third kappa shape index (κ3) is 4.00. The first-order valence-corrected chi connectivity index (χ1v) is 9.01. The third-order valence-corrected chi connectivity index (χ3v) is 5.40. The van der Waals surface area contributed by atoms with Gasteiger partial charge in [0.05, 0.1) is 19.3 Å². The summed E-state index contributed by atoms with van der Waals surface area (Å²) in [5, 5.41) is 3.26. The molecule has 0 spiro atoms. The summed E-state index contributed by atoms with van der Waals surface area (Å²) in [6.07, 6.45) is 8.31. The molecule has 0 bridgehead atoms. The minimum absolute atomic E-state index is 0.0499. The molecular weight excluding hydrogens is 280 g/mol. The van der Waals surface area contributed by atoms with Gasteiger partial charge in [0.25, 0.3) is 0 Å². The second-order valence-corrected chi connectivity index (χ2v) is 7.03. The van der Waals surface area contributed by atoms with Gasteiger partial charge in [-0.05, 0) is 39.2 Å². The van der Waals surface area contributed by atoms with E-state index in [-0.39, 0.29) is 18.2 Å². The summed E-state index contributed by atoms with van der Waals surface area (Å²) in [5.74, 6) is 0.599. The second-order valence-electron chi connectivity index (χ2n) is 7.03. The monoisotopic (exact) mass is 310 g/mol. The van der Waals surface area contributed by atoms with Crippen molar-refractivity contribution in [2.45, 2.75) is 70.2 Å². The van der Waals surface area contributed by atoms with Crippen molar-refractivity contribution in [3.05, 3.63) is 0 Å². The fourth-order valence-electron chi connectivity index (χ4n) is 4.00. The van der Waals surface area contributed by atoms with E-state index in [2.05, 4.69) is 10.2 Å². The number of piperidine rings is 1. The van der Waals surface area contributed by atoms with Crippen LogP contribution in [0.2, 0.25) is 0 Å². The Morgan fingerprint density at radius 1 is 1.09 bits per heavy atom. The first-order valence-electron chi connectivity index (χ1n) is 9.01. The number of amides is 1. The molecule has 1 aliphatic carbocycles. The van der Waals surface area contributed by atoms with Gasteiger partial charge >= 0.3 is 0 Å². The molecule has 1 saturated carbocycles. The molecule has 0 aromatic rings. The summed E-state index contributed by atoms with van der Waals surface area (Å²) >= 11 is 0. The number of nitrogens with one attached hydrogen (secondary N) is 1. The molecule has 126 valence electrons. The number of carbonyl (C=O) groups excluding carboxylic acids is 1. The molecule has 1 N–H and O–H groups in total. The highest BCUT2D eigenvalue weighted by molar-refractivity contribution is 5.81. The van der Waals surface area contributed by atoms with Gasteiger partial charge in [0.1, 0.15) is 0 Å². The Hall–Kier alpha value is -0.650. The number of ether oxygens (including phenoxy) is 2. The summed E-state index contributed by atoms with van der Waals surface area (Å²) in [5.41, 5.74) is 0. The van der Waals surface area contributed by atoms with Gasteiger partial charge in [-0.25, -0.2) is 0 Å². The van der Waals surface area contributed by atoms with Crippen molar-refractivity contribution < 1.29 is 14.3 Å². The van der Waals surface area contributed by atoms with Gasteiger partial charge in [0.15, 0.2) is 6.29 Å². The van der Waals surface area contributed by atoms with Crippen LogP contribution in [-0.2, 0) is 14.3 Å². The van der Waals surface area contributed by atoms with Crippen LogP contribution in [0.1, 0.15) is 51.9 Å². The van der Waals surface area contributed by atoms with Gasteiger partial charge in [0, 0.05) is 18.5 Å². The quantitative estimate of drug-likeness (QED) is 0.862. The Bertz CT molecular complexity index is 365. The predicted octanol–water partition coefficient (Wildman–Crippen LogP) is 1.91. The molecule has 0 aromatic heterocycles. The summed E-state index contributed by atoms with van der Waals surface area (Å²) in [6.45, 7) is 5.36. The molecule has 3 rings (SSSR count). The molecule has 1 amide bonds. The van der Waals surface area contributed by atoms with Crippen molar-refractivity contribution in [2.24, 2.45) is 5.92 Å². The number of hydrogen-bond donors (Lipinski definition) is 1. The summed E-state index contributed by atoms with van der Waals surface area (Å²) in [4.78, 5) is 14.8. The molecule has 3 aliphatic rings. The van der Waals surface area contributed by atoms with Gasteiger partial charge in [-0.2, -0.15) is 0 Å². The molecule has 2 heterocycles. The van der Waals surface area contributed by atoms with E-state index in [1.807, 2.05) is 6.92 Å². The molecule has 2 aliphatic heterocycles. The average molecular weight is 310 g/mol. The van der Waals surface area contributed by atoms with Crippen LogP contribution in [-0.4, -0.2) is 55.5 Å². The van der Waals surface area contributed by atoms with Crippen LogP contribution in [0.5, 0.6) is 0 Å². The Labute approximate surface area is 133 Å². The number of carbonyl (C=O) groups is 1. The number of rotatable bonds is 4. The SMILES string of the molecule is C[C@@H](C(=O)NC1CCCCC1)N1CCC[C@@H](C2OCCO2)C1. The molecular formula is C17H30N2O3. The fourth-order valence-corrected chi connectivity index (χ4v) is 4.00. The number of likely N-dealkylation sites (tertiary alicyclic amines) is 1. The molecule has 2 atom stereocenters. The Kier molecular flexibility index (Phi) is 5.71. The minimum Gasteiger partial charge on any atom is -0.352 e. The van der Waals surface area contributed by atoms with Crippen molar-refractivity contribution in [3.8, 4) is 0 Å². The van der Waals surface area contributed by atoms with E-state index in [1.165, 1.54) is 19.3 Å². The van der Waals surface area contributed by atoms with Gasteiger partial charge in [-0.3, -0.25) is 9.69 Å². The molecule has 5 heteroatoms. The maximum atomic E-state index is 12.5.